The maximum absolute atomic E-state index is 13.0. The van der Waals surface area contributed by atoms with Gasteiger partial charge in [-0.2, -0.15) is 18.4 Å². The van der Waals surface area contributed by atoms with E-state index in [4.69, 9.17) is 14.2 Å². The molecule has 3 aliphatic rings. The Hall–Kier alpha value is -3.67. The standard InChI is InChI=1S/C26H23F3N2O4/c27-26(28,29)7-1-9-33-18-3-4-21-17(12-18)6-8-25(21)14-19(20(15-30)24(32)31-25)16-2-5-22-23(13-16)35-11-10-34-22/h2-5,12-13H,1,6-11,14H2,(H,31,32)/t25-/m0/s1. The summed E-state index contributed by atoms with van der Waals surface area (Å²) in [6, 6.07) is 12.9. The Morgan fingerprint density at radius 3 is 2.69 bits per heavy atom. The summed E-state index contributed by atoms with van der Waals surface area (Å²) in [4.78, 5) is 13.0. The minimum absolute atomic E-state index is 0.0251. The number of rotatable bonds is 5. The molecule has 1 aliphatic carbocycles. The number of carbonyl (C=O) groups is 1. The van der Waals surface area contributed by atoms with Crippen molar-refractivity contribution in [2.45, 2.75) is 43.8 Å². The summed E-state index contributed by atoms with van der Waals surface area (Å²) in [5.41, 5.74) is 2.68. The first-order valence-corrected chi connectivity index (χ1v) is 11.5. The van der Waals surface area contributed by atoms with Gasteiger partial charge in [-0.3, -0.25) is 4.79 Å². The maximum Gasteiger partial charge on any atom is 0.389 e. The molecule has 1 amide bonds. The quantitative estimate of drug-likeness (QED) is 0.616. The average Bonchev–Trinajstić information content (AvgIpc) is 3.17. The normalized spacial score (nSPS) is 20.9. The number of aryl methyl sites for hydroxylation is 1. The van der Waals surface area contributed by atoms with Gasteiger partial charge in [-0.15, -0.1) is 0 Å². The van der Waals surface area contributed by atoms with Crippen LogP contribution in [0.25, 0.3) is 5.57 Å². The second-order valence-electron chi connectivity index (χ2n) is 8.92. The van der Waals surface area contributed by atoms with Crippen LogP contribution < -0.4 is 19.5 Å². The number of carbonyl (C=O) groups excluding carboxylic acids is 1. The Kier molecular flexibility index (Phi) is 5.83. The Bertz CT molecular complexity index is 1250. The van der Waals surface area contributed by atoms with Crippen molar-refractivity contribution in [1.29, 1.82) is 5.26 Å². The second kappa shape index (κ2) is 8.84. The molecule has 0 aromatic heterocycles. The zero-order valence-electron chi connectivity index (χ0n) is 18.8. The van der Waals surface area contributed by atoms with Gasteiger partial charge in [0.1, 0.15) is 30.6 Å². The summed E-state index contributed by atoms with van der Waals surface area (Å²) in [5, 5.41) is 12.8. The lowest BCUT2D eigenvalue weighted by Gasteiger charge is -2.37. The van der Waals surface area contributed by atoms with Crippen LogP contribution in [0.3, 0.4) is 0 Å². The van der Waals surface area contributed by atoms with Crippen molar-refractivity contribution in [1.82, 2.24) is 5.32 Å². The van der Waals surface area contributed by atoms with Crippen molar-refractivity contribution in [3.8, 4) is 23.3 Å². The summed E-state index contributed by atoms with van der Waals surface area (Å²) in [7, 11) is 0. The molecule has 5 rings (SSSR count). The van der Waals surface area contributed by atoms with Crippen LogP contribution in [0.15, 0.2) is 42.0 Å². The fraction of sp³-hybridized carbons (Fsp3) is 0.385. The van der Waals surface area contributed by atoms with Gasteiger partial charge in [-0.25, -0.2) is 0 Å². The first kappa shape index (κ1) is 23.1. The lowest BCUT2D eigenvalue weighted by atomic mass is 9.78. The van der Waals surface area contributed by atoms with E-state index in [-0.39, 0.29) is 18.6 Å². The number of hydrogen-bond donors (Lipinski definition) is 1. The number of nitrogens with one attached hydrogen (secondary N) is 1. The molecule has 0 radical (unpaired) electrons. The largest absolute Gasteiger partial charge is 0.494 e. The lowest BCUT2D eigenvalue weighted by Crippen LogP contribution is -2.48. The SMILES string of the molecule is N#CC1=C(c2ccc3c(c2)OCCO3)C[C@]2(CCc3cc(OCCCC(F)(F)F)ccc32)NC1=O. The molecule has 2 heterocycles. The summed E-state index contributed by atoms with van der Waals surface area (Å²) in [5.74, 6) is 1.29. The van der Waals surface area contributed by atoms with Gasteiger partial charge in [-0.1, -0.05) is 12.1 Å². The first-order chi connectivity index (χ1) is 16.8. The Labute approximate surface area is 200 Å². The Morgan fingerprint density at radius 2 is 1.91 bits per heavy atom. The van der Waals surface area contributed by atoms with Gasteiger partial charge in [0, 0.05) is 12.8 Å². The molecule has 0 saturated heterocycles. The number of alkyl halides is 3. The molecule has 0 saturated carbocycles. The van der Waals surface area contributed by atoms with E-state index >= 15 is 0 Å². The molecule has 9 heteroatoms. The van der Waals surface area contributed by atoms with Crippen molar-refractivity contribution < 1.29 is 32.2 Å². The van der Waals surface area contributed by atoms with E-state index in [1.165, 1.54) is 0 Å². The molecule has 1 N–H and O–H groups in total. The number of hydrogen-bond acceptors (Lipinski definition) is 5. The Morgan fingerprint density at radius 1 is 1.11 bits per heavy atom. The molecule has 2 aliphatic heterocycles. The van der Waals surface area contributed by atoms with E-state index in [0.717, 1.165) is 16.7 Å². The highest BCUT2D eigenvalue weighted by atomic mass is 19.4. The smallest absolute Gasteiger partial charge is 0.389 e. The Balaban J connectivity index is 1.40. The fourth-order valence-corrected chi connectivity index (χ4v) is 5.04. The molecule has 6 nitrogen and oxygen atoms in total. The van der Waals surface area contributed by atoms with Gasteiger partial charge in [0.25, 0.3) is 5.91 Å². The van der Waals surface area contributed by atoms with Crippen LogP contribution in [-0.4, -0.2) is 31.9 Å². The highest BCUT2D eigenvalue weighted by Crippen LogP contribution is 2.48. The molecular formula is C26H23F3N2O4. The van der Waals surface area contributed by atoms with Crippen LogP contribution in [0.4, 0.5) is 13.2 Å². The number of nitriles is 1. The molecule has 182 valence electrons. The van der Waals surface area contributed by atoms with Crippen LogP contribution in [-0.2, 0) is 16.8 Å². The molecule has 0 unspecified atom stereocenters. The van der Waals surface area contributed by atoms with E-state index in [1.54, 1.807) is 18.2 Å². The van der Waals surface area contributed by atoms with E-state index in [1.807, 2.05) is 18.2 Å². The van der Waals surface area contributed by atoms with Crippen LogP contribution >= 0.6 is 0 Å². The van der Waals surface area contributed by atoms with Crippen LogP contribution in [0, 0.1) is 11.3 Å². The number of ether oxygens (including phenoxy) is 3. The van der Waals surface area contributed by atoms with Gasteiger partial charge < -0.3 is 19.5 Å². The van der Waals surface area contributed by atoms with Crippen molar-refractivity contribution in [3.05, 3.63) is 58.7 Å². The molecular weight excluding hydrogens is 461 g/mol. The monoisotopic (exact) mass is 484 g/mol. The highest BCUT2D eigenvalue weighted by molar-refractivity contribution is 6.07. The van der Waals surface area contributed by atoms with Crippen molar-refractivity contribution in [2.75, 3.05) is 19.8 Å². The van der Waals surface area contributed by atoms with Gasteiger partial charge in [-0.05, 0) is 65.8 Å². The minimum Gasteiger partial charge on any atom is -0.494 e. The van der Waals surface area contributed by atoms with E-state index in [9.17, 15) is 23.2 Å². The third-order valence-electron chi connectivity index (χ3n) is 6.65. The maximum atomic E-state index is 13.0. The molecule has 1 atom stereocenters. The number of nitrogens with zero attached hydrogens (tertiary/aromatic N) is 1. The third-order valence-corrected chi connectivity index (χ3v) is 6.65. The van der Waals surface area contributed by atoms with Crippen molar-refractivity contribution >= 4 is 11.5 Å². The van der Waals surface area contributed by atoms with Gasteiger partial charge in [0.05, 0.1) is 12.1 Å². The molecule has 2 aromatic rings. The number of halogens is 3. The number of amides is 1. The topological polar surface area (TPSA) is 80.6 Å². The van der Waals surface area contributed by atoms with Gasteiger partial charge >= 0.3 is 6.18 Å². The molecule has 1 spiro atoms. The third kappa shape index (κ3) is 4.53. The predicted molar refractivity (Wildman–Crippen MR) is 120 cm³/mol. The summed E-state index contributed by atoms with van der Waals surface area (Å²) in [6.07, 6.45) is -3.45. The fourth-order valence-electron chi connectivity index (χ4n) is 5.04. The van der Waals surface area contributed by atoms with Crippen molar-refractivity contribution in [2.24, 2.45) is 0 Å². The lowest BCUT2D eigenvalue weighted by molar-refractivity contribution is -0.136. The molecule has 35 heavy (non-hydrogen) atoms. The zero-order chi connectivity index (χ0) is 24.6. The summed E-state index contributed by atoms with van der Waals surface area (Å²) in [6.45, 7) is 0.872. The summed E-state index contributed by atoms with van der Waals surface area (Å²) >= 11 is 0. The van der Waals surface area contributed by atoms with E-state index in [2.05, 4.69) is 11.4 Å². The second-order valence-corrected chi connectivity index (χ2v) is 8.92. The average molecular weight is 484 g/mol. The van der Waals surface area contributed by atoms with Crippen molar-refractivity contribution in [3.63, 3.8) is 0 Å². The number of benzene rings is 2. The van der Waals surface area contributed by atoms with Gasteiger partial charge in [0.2, 0.25) is 0 Å². The molecule has 2 aromatic carbocycles. The predicted octanol–water partition coefficient (Wildman–Crippen LogP) is 4.82. The zero-order valence-corrected chi connectivity index (χ0v) is 18.8. The van der Waals surface area contributed by atoms with Crippen LogP contribution in [0.1, 0.15) is 42.4 Å². The van der Waals surface area contributed by atoms with E-state index < -0.39 is 24.0 Å². The summed E-state index contributed by atoms with van der Waals surface area (Å²) < 4.78 is 53.9. The highest BCUT2D eigenvalue weighted by Gasteiger charge is 2.45. The molecule has 0 fully saturated rings. The molecule has 0 bridgehead atoms. The minimum atomic E-state index is -4.20. The van der Waals surface area contributed by atoms with Crippen LogP contribution in [0.5, 0.6) is 17.2 Å². The first-order valence-electron chi connectivity index (χ1n) is 11.5. The van der Waals surface area contributed by atoms with Crippen LogP contribution in [0.2, 0.25) is 0 Å². The number of fused-ring (bicyclic) bond motifs is 3. The van der Waals surface area contributed by atoms with Gasteiger partial charge in [0.15, 0.2) is 11.5 Å². The van der Waals surface area contributed by atoms with E-state index in [0.29, 0.717) is 55.3 Å².